The molecule has 0 amide bonds. The van der Waals surface area contributed by atoms with Gasteiger partial charge < -0.3 is 19.4 Å². The van der Waals surface area contributed by atoms with Gasteiger partial charge in [-0.3, -0.25) is 0 Å². The van der Waals surface area contributed by atoms with Gasteiger partial charge in [0.25, 0.3) is 0 Å². The fourth-order valence-electron chi connectivity index (χ4n) is 3.90. The molecule has 4 rings (SSSR count). The van der Waals surface area contributed by atoms with E-state index in [4.69, 9.17) is 9.31 Å². The number of hydrogen-bond acceptors (Lipinski definition) is 5. The van der Waals surface area contributed by atoms with Crippen LogP contribution in [0.3, 0.4) is 0 Å². The molecule has 1 aromatic rings. The average Bonchev–Trinajstić information content (AvgIpc) is 3.26. The lowest BCUT2D eigenvalue weighted by molar-refractivity contribution is 0.00578. The van der Waals surface area contributed by atoms with Crippen LogP contribution in [0.25, 0.3) is 5.57 Å². The van der Waals surface area contributed by atoms with Crippen LogP contribution in [0.15, 0.2) is 30.5 Å². The number of hydrogen-bond donors (Lipinski definition) is 2. The molecule has 1 saturated heterocycles. The Labute approximate surface area is 156 Å². The highest BCUT2D eigenvalue weighted by atomic mass is 16.7. The van der Waals surface area contributed by atoms with Crippen LogP contribution in [0.1, 0.15) is 52.5 Å². The van der Waals surface area contributed by atoms with Crippen molar-refractivity contribution in [2.75, 3.05) is 6.54 Å². The zero-order valence-corrected chi connectivity index (χ0v) is 16.2. The first-order chi connectivity index (χ1) is 12.3. The third-order valence-electron chi connectivity index (χ3n) is 6.36. The van der Waals surface area contributed by atoms with E-state index in [0.717, 1.165) is 31.3 Å². The van der Waals surface area contributed by atoms with E-state index in [1.54, 1.807) is 0 Å². The normalized spacial score (nSPS) is 30.1. The largest absolute Gasteiger partial charge is 0.494 e. The van der Waals surface area contributed by atoms with Gasteiger partial charge in [0.1, 0.15) is 0 Å². The molecule has 1 aliphatic carbocycles. The zero-order chi connectivity index (χ0) is 18.5. The van der Waals surface area contributed by atoms with Gasteiger partial charge >= 0.3 is 7.12 Å². The summed E-state index contributed by atoms with van der Waals surface area (Å²) in [5.41, 5.74) is 6.23. The molecule has 5 nitrogen and oxygen atoms in total. The smallest absolute Gasteiger partial charge is 0.399 e. The van der Waals surface area contributed by atoms with Gasteiger partial charge in [0.15, 0.2) is 0 Å². The van der Waals surface area contributed by atoms with Crippen molar-refractivity contribution in [2.45, 2.75) is 70.3 Å². The van der Waals surface area contributed by atoms with Gasteiger partial charge in [0.2, 0.25) is 0 Å². The molecule has 1 aromatic carbocycles. The van der Waals surface area contributed by atoms with Crippen molar-refractivity contribution >= 4 is 18.2 Å². The minimum absolute atomic E-state index is 0.191. The van der Waals surface area contributed by atoms with Crippen LogP contribution >= 0.6 is 0 Å². The maximum atomic E-state index is 10.1. The van der Waals surface area contributed by atoms with Crippen molar-refractivity contribution in [1.82, 2.24) is 10.4 Å². The summed E-state index contributed by atoms with van der Waals surface area (Å²) in [4.78, 5) is 0. The Balaban J connectivity index is 1.47. The number of aliphatic hydroxyl groups is 1. The number of benzene rings is 1. The summed E-state index contributed by atoms with van der Waals surface area (Å²) in [5, 5.41) is 12.2. The SMILES string of the molecule is CC1(C)OB(c2ccc(C3=CN([C@H]4CCC[C@@H]4O)NC3)cc2)OC1(C)C. The molecule has 140 valence electrons. The quantitative estimate of drug-likeness (QED) is 0.812. The Morgan fingerprint density at radius 2 is 1.73 bits per heavy atom. The molecule has 0 unspecified atom stereocenters. The number of rotatable bonds is 3. The lowest BCUT2D eigenvalue weighted by Crippen LogP contribution is -2.42. The predicted octanol–water partition coefficient (Wildman–Crippen LogP) is 2.06. The van der Waals surface area contributed by atoms with E-state index < -0.39 is 0 Å². The molecule has 3 aliphatic rings. The van der Waals surface area contributed by atoms with Crippen molar-refractivity contribution in [3.05, 3.63) is 36.0 Å². The molecule has 2 heterocycles. The van der Waals surface area contributed by atoms with Crippen LogP contribution in [0.4, 0.5) is 0 Å². The Morgan fingerprint density at radius 1 is 1.08 bits per heavy atom. The Morgan fingerprint density at radius 3 is 2.31 bits per heavy atom. The van der Waals surface area contributed by atoms with Gasteiger partial charge in [0.05, 0.1) is 23.3 Å². The highest BCUT2D eigenvalue weighted by Crippen LogP contribution is 2.36. The second-order valence-corrected chi connectivity index (χ2v) is 8.67. The highest BCUT2D eigenvalue weighted by Gasteiger charge is 2.51. The molecule has 0 spiro atoms. The molecule has 26 heavy (non-hydrogen) atoms. The summed E-state index contributed by atoms with van der Waals surface area (Å²) in [6.45, 7) is 9.08. The second-order valence-electron chi connectivity index (χ2n) is 8.67. The van der Waals surface area contributed by atoms with Crippen molar-refractivity contribution in [2.24, 2.45) is 0 Å². The maximum Gasteiger partial charge on any atom is 0.494 e. The minimum atomic E-state index is -0.324. The zero-order valence-electron chi connectivity index (χ0n) is 16.2. The lowest BCUT2D eigenvalue weighted by Gasteiger charge is -2.32. The van der Waals surface area contributed by atoms with Crippen LogP contribution in [0.2, 0.25) is 0 Å². The molecule has 2 atom stereocenters. The summed E-state index contributed by atoms with van der Waals surface area (Å²) in [6, 6.07) is 8.62. The Bertz CT molecular complexity index is 686. The standard InChI is InChI=1S/C20H29BN2O3/c1-19(2)20(3,4)26-21(25-19)16-10-8-14(9-11-16)15-12-22-23(13-15)17-6-5-7-18(17)24/h8-11,13,17-18,22,24H,5-7,12H2,1-4H3/t17-,18-/m0/s1. The van der Waals surface area contributed by atoms with Crippen molar-refractivity contribution < 1.29 is 14.4 Å². The van der Waals surface area contributed by atoms with E-state index in [1.165, 1.54) is 11.1 Å². The van der Waals surface area contributed by atoms with Gasteiger partial charge in [-0.15, -0.1) is 0 Å². The Kier molecular flexibility index (Phi) is 4.43. The molecular weight excluding hydrogens is 327 g/mol. The molecule has 2 fully saturated rings. The second kappa shape index (κ2) is 6.38. The molecule has 1 saturated carbocycles. The summed E-state index contributed by atoms with van der Waals surface area (Å²) >= 11 is 0. The van der Waals surface area contributed by atoms with E-state index in [-0.39, 0.29) is 30.5 Å². The van der Waals surface area contributed by atoms with E-state index >= 15 is 0 Å². The third kappa shape index (κ3) is 3.09. The maximum absolute atomic E-state index is 10.1. The molecule has 6 heteroatoms. The fraction of sp³-hybridized carbons (Fsp3) is 0.600. The van der Waals surface area contributed by atoms with E-state index in [9.17, 15) is 5.11 Å². The molecular formula is C20H29BN2O3. The average molecular weight is 356 g/mol. The number of hydrazine groups is 1. The van der Waals surface area contributed by atoms with E-state index in [2.05, 4.69) is 68.6 Å². The first-order valence-corrected chi connectivity index (χ1v) is 9.63. The summed E-state index contributed by atoms with van der Waals surface area (Å²) < 4.78 is 12.3. The predicted molar refractivity (Wildman–Crippen MR) is 104 cm³/mol. The van der Waals surface area contributed by atoms with Crippen molar-refractivity contribution in [1.29, 1.82) is 0 Å². The molecule has 0 radical (unpaired) electrons. The summed E-state index contributed by atoms with van der Waals surface area (Å²) in [5.74, 6) is 0. The van der Waals surface area contributed by atoms with Gasteiger partial charge in [-0.05, 0) is 63.6 Å². The van der Waals surface area contributed by atoms with E-state index in [1.807, 2.05) is 0 Å². The first kappa shape index (κ1) is 18.0. The molecule has 2 N–H and O–H groups in total. The van der Waals surface area contributed by atoms with Gasteiger partial charge in [-0.1, -0.05) is 24.3 Å². The van der Waals surface area contributed by atoms with E-state index in [0.29, 0.717) is 0 Å². The third-order valence-corrected chi connectivity index (χ3v) is 6.36. The first-order valence-electron chi connectivity index (χ1n) is 9.63. The van der Waals surface area contributed by atoms with Crippen molar-refractivity contribution in [3.8, 4) is 0 Å². The Hall–Kier alpha value is -1.34. The monoisotopic (exact) mass is 356 g/mol. The number of nitrogens with one attached hydrogen (secondary N) is 1. The molecule has 0 bridgehead atoms. The van der Waals surface area contributed by atoms with Crippen LogP contribution in [-0.4, -0.2) is 47.1 Å². The topological polar surface area (TPSA) is 54.0 Å². The highest BCUT2D eigenvalue weighted by molar-refractivity contribution is 6.62. The van der Waals surface area contributed by atoms with Crippen LogP contribution in [0, 0.1) is 0 Å². The van der Waals surface area contributed by atoms with Gasteiger partial charge in [-0.25, -0.2) is 5.43 Å². The van der Waals surface area contributed by atoms with Crippen LogP contribution in [0.5, 0.6) is 0 Å². The van der Waals surface area contributed by atoms with Crippen LogP contribution in [-0.2, 0) is 9.31 Å². The van der Waals surface area contributed by atoms with Gasteiger partial charge in [0, 0.05) is 12.7 Å². The number of nitrogens with zero attached hydrogens (tertiary/aromatic N) is 1. The van der Waals surface area contributed by atoms with Gasteiger partial charge in [-0.2, -0.15) is 0 Å². The van der Waals surface area contributed by atoms with Crippen LogP contribution < -0.4 is 10.9 Å². The lowest BCUT2D eigenvalue weighted by atomic mass is 9.78. The molecule has 0 aromatic heterocycles. The summed E-state index contributed by atoms with van der Waals surface area (Å²) in [7, 11) is -0.324. The minimum Gasteiger partial charge on any atom is -0.399 e. The fourth-order valence-corrected chi connectivity index (χ4v) is 3.90. The summed E-state index contributed by atoms with van der Waals surface area (Å²) in [6.07, 6.45) is 4.94. The molecule has 2 aliphatic heterocycles. The van der Waals surface area contributed by atoms with Crippen molar-refractivity contribution in [3.63, 3.8) is 0 Å². The number of aliphatic hydroxyl groups excluding tert-OH is 1.